The van der Waals surface area contributed by atoms with E-state index in [2.05, 4.69) is 15.6 Å². The third-order valence-corrected chi connectivity index (χ3v) is 2.57. The van der Waals surface area contributed by atoms with Crippen LogP contribution in [0.4, 0.5) is 4.79 Å². The molecule has 7 heteroatoms. The van der Waals surface area contributed by atoms with Gasteiger partial charge in [-0.15, -0.1) is 0 Å². The van der Waals surface area contributed by atoms with E-state index in [9.17, 15) is 9.59 Å². The predicted molar refractivity (Wildman–Crippen MR) is 69.7 cm³/mol. The monoisotopic (exact) mass is 268 g/mol. The summed E-state index contributed by atoms with van der Waals surface area (Å²) in [5.41, 5.74) is 0. The highest BCUT2D eigenvalue weighted by Gasteiger charge is 2.08. The fraction of sp³-hybridized carbons (Fsp3) is 0.583. The molecule has 1 rings (SSSR count). The van der Waals surface area contributed by atoms with Crippen LogP contribution in [0.3, 0.4) is 0 Å². The van der Waals surface area contributed by atoms with Crippen molar-refractivity contribution >= 4 is 12.0 Å². The lowest BCUT2D eigenvalue weighted by atomic mass is 10.1. The number of amides is 2. The van der Waals surface area contributed by atoms with Gasteiger partial charge in [-0.25, -0.2) is 9.78 Å². The Labute approximate surface area is 112 Å². The molecule has 106 valence electrons. The first kappa shape index (κ1) is 15.0. The minimum absolute atomic E-state index is 0.0565. The lowest BCUT2D eigenvalue weighted by Gasteiger charge is -2.11. The van der Waals surface area contributed by atoms with E-state index in [4.69, 9.17) is 5.11 Å². The van der Waals surface area contributed by atoms with E-state index in [1.54, 1.807) is 19.4 Å². The van der Waals surface area contributed by atoms with Gasteiger partial charge in [0.05, 0.1) is 6.33 Å². The summed E-state index contributed by atoms with van der Waals surface area (Å²) in [6.45, 7) is 3.51. The van der Waals surface area contributed by atoms with Crippen molar-refractivity contribution in [2.45, 2.75) is 26.3 Å². The predicted octanol–water partition coefficient (Wildman–Crippen LogP) is 0.683. The summed E-state index contributed by atoms with van der Waals surface area (Å²) in [6, 6.07) is -0.261. The molecule has 1 atom stereocenters. The minimum atomic E-state index is -0.852. The Balaban J connectivity index is 2.03. The van der Waals surface area contributed by atoms with E-state index >= 15 is 0 Å². The SMILES string of the molecule is CC(CNC(=O)NCCCn1ccnc1)CC(=O)O. The summed E-state index contributed by atoms with van der Waals surface area (Å²) in [6.07, 6.45) is 6.18. The number of nitrogens with zero attached hydrogens (tertiary/aromatic N) is 2. The number of urea groups is 1. The molecule has 3 N–H and O–H groups in total. The van der Waals surface area contributed by atoms with Crippen molar-refractivity contribution in [1.82, 2.24) is 20.2 Å². The first-order chi connectivity index (χ1) is 9.08. The number of nitrogens with one attached hydrogen (secondary N) is 2. The van der Waals surface area contributed by atoms with Crippen LogP contribution in [0.25, 0.3) is 0 Å². The Bertz CT molecular complexity index is 392. The van der Waals surface area contributed by atoms with Crippen molar-refractivity contribution in [3.05, 3.63) is 18.7 Å². The van der Waals surface area contributed by atoms with E-state index in [1.165, 1.54) is 0 Å². The van der Waals surface area contributed by atoms with Crippen LogP contribution in [0.1, 0.15) is 19.8 Å². The molecule has 0 aliphatic heterocycles. The maximum atomic E-state index is 11.4. The molecule has 19 heavy (non-hydrogen) atoms. The van der Waals surface area contributed by atoms with Crippen LogP contribution in [-0.4, -0.2) is 39.7 Å². The van der Waals surface area contributed by atoms with Crippen molar-refractivity contribution in [3.63, 3.8) is 0 Å². The third-order valence-electron chi connectivity index (χ3n) is 2.57. The van der Waals surface area contributed by atoms with Crippen LogP contribution in [0, 0.1) is 5.92 Å². The molecule has 0 bridgehead atoms. The first-order valence-electron chi connectivity index (χ1n) is 6.27. The highest BCUT2D eigenvalue weighted by atomic mass is 16.4. The van der Waals surface area contributed by atoms with Crippen molar-refractivity contribution in [1.29, 1.82) is 0 Å². The Morgan fingerprint density at radius 3 is 2.84 bits per heavy atom. The van der Waals surface area contributed by atoms with Gasteiger partial charge in [-0.2, -0.15) is 0 Å². The lowest BCUT2D eigenvalue weighted by Crippen LogP contribution is -2.38. The summed E-state index contributed by atoms with van der Waals surface area (Å²) in [5, 5.41) is 13.9. The molecule has 2 amide bonds. The molecule has 0 aromatic carbocycles. The zero-order chi connectivity index (χ0) is 14.1. The molecule has 0 radical (unpaired) electrons. The second-order valence-electron chi connectivity index (χ2n) is 4.49. The summed E-state index contributed by atoms with van der Waals surface area (Å²) in [7, 11) is 0. The van der Waals surface area contributed by atoms with Gasteiger partial charge in [-0.05, 0) is 12.3 Å². The molecule has 7 nitrogen and oxygen atoms in total. The molecule has 0 spiro atoms. The zero-order valence-electron chi connectivity index (χ0n) is 11.0. The summed E-state index contributed by atoms with van der Waals surface area (Å²) >= 11 is 0. The molecule has 1 heterocycles. The summed E-state index contributed by atoms with van der Waals surface area (Å²) in [5.74, 6) is -0.927. The lowest BCUT2D eigenvalue weighted by molar-refractivity contribution is -0.137. The number of carbonyl (C=O) groups excluding carboxylic acids is 1. The van der Waals surface area contributed by atoms with E-state index in [0.717, 1.165) is 13.0 Å². The number of carboxylic acids is 1. The van der Waals surface area contributed by atoms with Gasteiger partial charge < -0.3 is 20.3 Å². The van der Waals surface area contributed by atoms with Crippen LogP contribution >= 0.6 is 0 Å². The number of aliphatic carboxylic acids is 1. The Morgan fingerprint density at radius 2 is 2.21 bits per heavy atom. The minimum Gasteiger partial charge on any atom is -0.481 e. The van der Waals surface area contributed by atoms with Crippen molar-refractivity contribution in [2.24, 2.45) is 5.92 Å². The first-order valence-corrected chi connectivity index (χ1v) is 6.27. The molecule has 0 saturated heterocycles. The standard InChI is InChI=1S/C12H20N4O3/c1-10(7-11(17)18)8-15-12(19)14-3-2-5-16-6-4-13-9-16/h4,6,9-10H,2-3,5,7-8H2,1H3,(H,17,18)(H2,14,15,19). The van der Waals surface area contributed by atoms with Crippen LogP contribution in [-0.2, 0) is 11.3 Å². The van der Waals surface area contributed by atoms with Gasteiger partial charge in [0.25, 0.3) is 0 Å². The van der Waals surface area contributed by atoms with Crippen LogP contribution < -0.4 is 10.6 Å². The summed E-state index contributed by atoms with van der Waals surface area (Å²) < 4.78 is 1.94. The van der Waals surface area contributed by atoms with Gasteiger partial charge in [0.1, 0.15) is 0 Å². The van der Waals surface area contributed by atoms with Gasteiger partial charge in [0.2, 0.25) is 0 Å². The number of rotatable bonds is 8. The Hall–Kier alpha value is -2.05. The van der Waals surface area contributed by atoms with Crippen molar-refractivity contribution < 1.29 is 14.7 Å². The highest BCUT2D eigenvalue weighted by molar-refractivity contribution is 5.73. The molecule has 0 aliphatic rings. The average Bonchev–Trinajstić information content (AvgIpc) is 2.84. The van der Waals surface area contributed by atoms with Crippen LogP contribution in [0.5, 0.6) is 0 Å². The Kier molecular flexibility index (Phi) is 6.42. The van der Waals surface area contributed by atoms with Gasteiger partial charge >= 0.3 is 12.0 Å². The van der Waals surface area contributed by atoms with Gasteiger partial charge in [-0.3, -0.25) is 4.79 Å². The number of aromatic nitrogens is 2. The fourth-order valence-corrected chi connectivity index (χ4v) is 1.58. The molecule has 0 saturated carbocycles. The Morgan fingerprint density at radius 1 is 1.42 bits per heavy atom. The van der Waals surface area contributed by atoms with E-state index in [-0.39, 0.29) is 18.4 Å². The van der Waals surface area contributed by atoms with E-state index in [0.29, 0.717) is 13.1 Å². The number of aryl methyl sites for hydroxylation is 1. The number of hydrogen-bond donors (Lipinski definition) is 3. The maximum Gasteiger partial charge on any atom is 0.314 e. The van der Waals surface area contributed by atoms with Crippen molar-refractivity contribution in [2.75, 3.05) is 13.1 Å². The number of carbonyl (C=O) groups is 2. The van der Waals surface area contributed by atoms with E-state index in [1.807, 2.05) is 10.8 Å². The fourth-order valence-electron chi connectivity index (χ4n) is 1.58. The van der Waals surface area contributed by atoms with Gasteiger partial charge in [-0.1, -0.05) is 6.92 Å². The molecular formula is C12H20N4O3. The molecule has 1 unspecified atom stereocenters. The molecule has 1 aromatic heterocycles. The average molecular weight is 268 g/mol. The highest BCUT2D eigenvalue weighted by Crippen LogP contribution is 1.98. The normalized spacial score (nSPS) is 11.8. The number of hydrogen-bond acceptors (Lipinski definition) is 3. The van der Waals surface area contributed by atoms with Crippen LogP contribution in [0.15, 0.2) is 18.7 Å². The zero-order valence-corrected chi connectivity index (χ0v) is 11.0. The van der Waals surface area contributed by atoms with Gasteiger partial charge in [0, 0.05) is 38.4 Å². The smallest absolute Gasteiger partial charge is 0.314 e. The third kappa shape index (κ3) is 7.07. The van der Waals surface area contributed by atoms with Crippen LogP contribution in [0.2, 0.25) is 0 Å². The maximum absolute atomic E-state index is 11.4. The molecule has 1 aromatic rings. The summed E-state index contributed by atoms with van der Waals surface area (Å²) in [4.78, 5) is 25.8. The second-order valence-corrected chi connectivity index (χ2v) is 4.49. The number of imidazole rings is 1. The molecule has 0 aliphatic carbocycles. The largest absolute Gasteiger partial charge is 0.481 e. The second kappa shape index (κ2) is 8.12. The van der Waals surface area contributed by atoms with E-state index < -0.39 is 5.97 Å². The number of carboxylic acid groups (broad SMARTS) is 1. The van der Waals surface area contributed by atoms with Gasteiger partial charge in [0.15, 0.2) is 0 Å². The molecular weight excluding hydrogens is 248 g/mol. The van der Waals surface area contributed by atoms with Crippen molar-refractivity contribution in [3.8, 4) is 0 Å². The quantitative estimate of drug-likeness (QED) is 0.604. The topological polar surface area (TPSA) is 96.3 Å². The molecule has 0 fully saturated rings.